The molecular weight excluding hydrogens is 238 g/mol. The summed E-state index contributed by atoms with van der Waals surface area (Å²) in [4.78, 5) is 4.46. The van der Waals surface area contributed by atoms with Crippen LogP contribution in [0.5, 0.6) is 0 Å². The summed E-state index contributed by atoms with van der Waals surface area (Å²) in [6, 6.07) is 8.28. The van der Waals surface area contributed by atoms with E-state index in [4.69, 9.17) is 0 Å². The Kier molecular flexibility index (Phi) is 2.55. The van der Waals surface area contributed by atoms with Crippen LogP contribution in [0.2, 0.25) is 0 Å². The van der Waals surface area contributed by atoms with Crippen molar-refractivity contribution in [2.45, 2.75) is 19.8 Å². The Labute approximate surface area is 92.3 Å². The maximum atomic E-state index is 4.46. The molecule has 0 bridgehead atoms. The average Bonchev–Trinajstić information content (AvgIpc) is 2.18. The smallest absolute Gasteiger partial charge is 0.0577 e. The highest BCUT2D eigenvalue weighted by Gasteiger charge is 2.08. The number of fused-ring (bicyclic) bond motifs is 1. The molecule has 0 spiro atoms. The second kappa shape index (κ2) is 3.70. The van der Waals surface area contributed by atoms with Gasteiger partial charge < -0.3 is 0 Å². The Morgan fingerprint density at radius 1 is 1.21 bits per heavy atom. The summed E-state index contributed by atoms with van der Waals surface area (Å²) in [5, 5.41) is 2.43. The molecule has 1 aromatic heterocycles. The van der Waals surface area contributed by atoms with Gasteiger partial charge in [0.05, 0.1) is 5.69 Å². The summed E-state index contributed by atoms with van der Waals surface area (Å²) in [6.45, 7) is 4.31. The number of aromatic nitrogens is 1. The van der Waals surface area contributed by atoms with E-state index < -0.39 is 0 Å². The van der Waals surface area contributed by atoms with Crippen molar-refractivity contribution in [3.63, 3.8) is 0 Å². The topological polar surface area (TPSA) is 12.9 Å². The first kappa shape index (κ1) is 9.66. The third-order valence-corrected chi connectivity index (χ3v) is 3.15. The monoisotopic (exact) mass is 249 g/mol. The van der Waals surface area contributed by atoms with Crippen LogP contribution in [-0.2, 0) is 0 Å². The van der Waals surface area contributed by atoms with E-state index in [1.54, 1.807) is 0 Å². The van der Waals surface area contributed by atoms with Gasteiger partial charge in [-0.05, 0) is 27.2 Å². The highest BCUT2D eigenvalue weighted by molar-refractivity contribution is 9.10. The summed E-state index contributed by atoms with van der Waals surface area (Å²) in [5.74, 6) is 0.453. The van der Waals surface area contributed by atoms with Gasteiger partial charge >= 0.3 is 0 Å². The molecule has 0 unspecified atom stereocenters. The second-order valence-electron chi connectivity index (χ2n) is 3.70. The van der Waals surface area contributed by atoms with Gasteiger partial charge in [-0.2, -0.15) is 0 Å². The molecule has 2 heteroatoms. The number of halogens is 1. The molecule has 1 nitrogen and oxygen atoms in total. The van der Waals surface area contributed by atoms with Crippen LogP contribution in [0.25, 0.3) is 10.8 Å². The van der Waals surface area contributed by atoms with Crippen molar-refractivity contribution < 1.29 is 0 Å². The van der Waals surface area contributed by atoms with E-state index in [-0.39, 0.29) is 0 Å². The van der Waals surface area contributed by atoms with Crippen molar-refractivity contribution in [1.82, 2.24) is 4.98 Å². The minimum absolute atomic E-state index is 0.453. The van der Waals surface area contributed by atoms with Gasteiger partial charge in [-0.1, -0.05) is 38.1 Å². The zero-order valence-electron chi connectivity index (χ0n) is 8.29. The Hall–Kier alpha value is -0.890. The van der Waals surface area contributed by atoms with Gasteiger partial charge in [-0.25, -0.2) is 0 Å². The van der Waals surface area contributed by atoms with Crippen LogP contribution in [-0.4, -0.2) is 4.98 Å². The van der Waals surface area contributed by atoms with Crippen molar-refractivity contribution in [3.05, 3.63) is 40.6 Å². The molecular formula is C12H12BrN. The van der Waals surface area contributed by atoms with Crippen LogP contribution in [0, 0.1) is 0 Å². The van der Waals surface area contributed by atoms with Crippen LogP contribution in [0.3, 0.4) is 0 Å². The van der Waals surface area contributed by atoms with E-state index in [0.29, 0.717) is 5.92 Å². The lowest BCUT2D eigenvalue weighted by molar-refractivity contribution is 0.820. The molecule has 0 amide bonds. The summed E-state index contributed by atoms with van der Waals surface area (Å²) >= 11 is 3.62. The zero-order valence-corrected chi connectivity index (χ0v) is 9.88. The number of nitrogens with zero attached hydrogens (tertiary/aromatic N) is 1. The highest BCUT2D eigenvalue weighted by Crippen LogP contribution is 2.29. The summed E-state index contributed by atoms with van der Waals surface area (Å²) in [5.41, 5.74) is 1.13. The van der Waals surface area contributed by atoms with E-state index in [1.807, 2.05) is 12.3 Å². The first-order valence-corrected chi connectivity index (χ1v) is 5.52. The molecule has 0 atom stereocenters. The first-order valence-electron chi connectivity index (χ1n) is 4.73. The van der Waals surface area contributed by atoms with Crippen molar-refractivity contribution in [3.8, 4) is 0 Å². The van der Waals surface area contributed by atoms with E-state index in [2.05, 4.69) is 53.0 Å². The molecule has 0 saturated carbocycles. The molecule has 0 aliphatic carbocycles. The molecule has 0 aliphatic rings. The Bertz CT molecular complexity index is 463. The number of pyridine rings is 1. The Morgan fingerprint density at radius 3 is 2.64 bits per heavy atom. The maximum absolute atomic E-state index is 4.46. The van der Waals surface area contributed by atoms with Crippen molar-refractivity contribution >= 4 is 26.7 Å². The molecule has 0 radical (unpaired) electrons. The molecule has 0 aliphatic heterocycles. The molecule has 14 heavy (non-hydrogen) atoms. The minimum atomic E-state index is 0.453. The fourth-order valence-electron chi connectivity index (χ4n) is 1.55. The van der Waals surface area contributed by atoms with E-state index in [1.165, 1.54) is 10.8 Å². The minimum Gasteiger partial charge on any atom is -0.259 e. The predicted octanol–water partition coefficient (Wildman–Crippen LogP) is 4.12. The number of benzene rings is 1. The van der Waals surface area contributed by atoms with Crippen molar-refractivity contribution in [1.29, 1.82) is 0 Å². The first-order chi connectivity index (χ1) is 6.70. The SMILES string of the molecule is CC(C)c1ncc2ccccc2c1Br. The van der Waals surface area contributed by atoms with Crippen molar-refractivity contribution in [2.75, 3.05) is 0 Å². The second-order valence-corrected chi connectivity index (χ2v) is 4.49. The predicted molar refractivity (Wildman–Crippen MR) is 63.5 cm³/mol. The lowest BCUT2D eigenvalue weighted by Gasteiger charge is -2.09. The van der Waals surface area contributed by atoms with Gasteiger partial charge in [0.1, 0.15) is 0 Å². The highest BCUT2D eigenvalue weighted by atomic mass is 79.9. The van der Waals surface area contributed by atoms with E-state index in [9.17, 15) is 0 Å². The van der Waals surface area contributed by atoms with Gasteiger partial charge in [-0.15, -0.1) is 0 Å². The zero-order chi connectivity index (χ0) is 10.1. The Morgan fingerprint density at radius 2 is 1.93 bits per heavy atom. The van der Waals surface area contributed by atoms with E-state index in [0.717, 1.165) is 10.2 Å². The summed E-state index contributed by atoms with van der Waals surface area (Å²) in [6.07, 6.45) is 1.94. The van der Waals surface area contributed by atoms with Crippen LogP contribution in [0.4, 0.5) is 0 Å². The molecule has 1 aromatic carbocycles. The fourth-order valence-corrected chi connectivity index (χ4v) is 2.47. The largest absolute Gasteiger partial charge is 0.259 e. The third kappa shape index (κ3) is 1.55. The standard InChI is InChI=1S/C12H12BrN/c1-8(2)12-11(13)10-6-4-3-5-9(10)7-14-12/h3-8H,1-2H3. The summed E-state index contributed by atoms with van der Waals surface area (Å²) in [7, 11) is 0. The fraction of sp³-hybridized carbons (Fsp3) is 0.250. The lowest BCUT2D eigenvalue weighted by Crippen LogP contribution is -1.94. The van der Waals surface area contributed by atoms with Gasteiger partial charge in [0.15, 0.2) is 0 Å². The Balaban J connectivity index is 2.75. The van der Waals surface area contributed by atoms with Crippen LogP contribution in [0.1, 0.15) is 25.5 Å². The molecule has 0 N–H and O–H groups in total. The quantitative estimate of drug-likeness (QED) is 0.741. The molecule has 0 fully saturated rings. The molecule has 0 saturated heterocycles. The van der Waals surface area contributed by atoms with Crippen LogP contribution >= 0.6 is 15.9 Å². The molecule has 2 rings (SSSR count). The third-order valence-electron chi connectivity index (χ3n) is 2.31. The van der Waals surface area contributed by atoms with Crippen LogP contribution < -0.4 is 0 Å². The van der Waals surface area contributed by atoms with Gasteiger partial charge in [0.25, 0.3) is 0 Å². The molecule has 72 valence electrons. The number of hydrogen-bond donors (Lipinski definition) is 0. The lowest BCUT2D eigenvalue weighted by atomic mass is 10.1. The van der Waals surface area contributed by atoms with Gasteiger partial charge in [0.2, 0.25) is 0 Å². The molecule has 1 heterocycles. The van der Waals surface area contributed by atoms with Gasteiger partial charge in [0, 0.05) is 16.1 Å². The van der Waals surface area contributed by atoms with Crippen LogP contribution in [0.15, 0.2) is 34.9 Å². The van der Waals surface area contributed by atoms with E-state index >= 15 is 0 Å². The number of rotatable bonds is 1. The normalized spacial score (nSPS) is 11.1. The maximum Gasteiger partial charge on any atom is 0.0577 e. The van der Waals surface area contributed by atoms with Crippen molar-refractivity contribution in [2.24, 2.45) is 0 Å². The number of hydrogen-bond acceptors (Lipinski definition) is 1. The summed E-state index contributed by atoms with van der Waals surface area (Å²) < 4.78 is 1.13. The van der Waals surface area contributed by atoms with Gasteiger partial charge in [-0.3, -0.25) is 4.98 Å². The average molecular weight is 250 g/mol. The molecule has 2 aromatic rings.